The number of thioether (sulfide) groups is 1. The van der Waals surface area contributed by atoms with Gasteiger partial charge in [-0.15, -0.1) is 0 Å². The molecule has 0 saturated carbocycles. The van der Waals surface area contributed by atoms with Gasteiger partial charge in [0, 0.05) is 24.2 Å². The van der Waals surface area contributed by atoms with E-state index in [2.05, 4.69) is 5.32 Å². The summed E-state index contributed by atoms with van der Waals surface area (Å²) < 4.78 is 0.650. The summed E-state index contributed by atoms with van der Waals surface area (Å²) in [5.74, 6) is -0.0648. The molecular formula is C16H19N3O3S2. The van der Waals surface area contributed by atoms with Gasteiger partial charge in [-0.05, 0) is 37.1 Å². The van der Waals surface area contributed by atoms with Gasteiger partial charge in [-0.25, -0.2) is 0 Å². The lowest BCUT2D eigenvalue weighted by Crippen LogP contribution is -2.29. The van der Waals surface area contributed by atoms with E-state index in [-0.39, 0.29) is 11.8 Å². The first-order chi connectivity index (χ1) is 11.5. The predicted molar refractivity (Wildman–Crippen MR) is 98.8 cm³/mol. The van der Waals surface area contributed by atoms with Crippen molar-refractivity contribution in [2.45, 2.75) is 25.7 Å². The van der Waals surface area contributed by atoms with Crippen LogP contribution < -0.4 is 11.1 Å². The van der Waals surface area contributed by atoms with Crippen LogP contribution in [-0.4, -0.2) is 39.2 Å². The fourth-order valence-electron chi connectivity index (χ4n) is 2.27. The van der Waals surface area contributed by atoms with E-state index in [0.29, 0.717) is 34.3 Å². The van der Waals surface area contributed by atoms with Crippen molar-refractivity contribution in [3.63, 3.8) is 0 Å². The number of amides is 3. The quantitative estimate of drug-likeness (QED) is 0.544. The van der Waals surface area contributed by atoms with Gasteiger partial charge < -0.3 is 11.1 Å². The van der Waals surface area contributed by atoms with E-state index in [4.69, 9.17) is 18.0 Å². The molecule has 0 unspecified atom stereocenters. The van der Waals surface area contributed by atoms with E-state index in [1.54, 1.807) is 29.2 Å². The fraction of sp³-hybridized carbons (Fsp3) is 0.375. The number of nitrogens with zero attached hydrogens (tertiary/aromatic N) is 1. The number of carbonyl (C=O) groups is 3. The van der Waals surface area contributed by atoms with E-state index in [9.17, 15) is 14.4 Å². The highest BCUT2D eigenvalue weighted by Crippen LogP contribution is 2.20. The highest BCUT2D eigenvalue weighted by atomic mass is 32.2. The molecule has 3 amide bonds. The molecule has 0 atom stereocenters. The van der Waals surface area contributed by atoms with Crippen molar-refractivity contribution < 1.29 is 14.4 Å². The van der Waals surface area contributed by atoms with Gasteiger partial charge in [-0.3, -0.25) is 19.3 Å². The molecule has 8 heteroatoms. The van der Waals surface area contributed by atoms with Crippen molar-refractivity contribution in [2.24, 2.45) is 5.73 Å². The first-order valence-electron chi connectivity index (χ1n) is 7.64. The summed E-state index contributed by atoms with van der Waals surface area (Å²) >= 11 is 6.51. The minimum atomic E-state index is -0.498. The Balaban J connectivity index is 1.63. The molecule has 1 saturated heterocycles. The molecule has 1 aliphatic heterocycles. The number of anilines is 1. The lowest BCUT2D eigenvalue weighted by atomic mass is 10.1. The van der Waals surface area contributed by atoms with Crippen molar-refractivity contribution in [3.05, 3.63) is 29.8 Å². The molecule has 1 aromatic rings. The monoisotopic (exact) mass is 365 g/mol. The summed E-state index contributed by atoms with van der Waals surface area (Å²) in [5.41, 5.74) is 6.20. The van der Waals surface area contributed by atoms with E-state index >= 15 is 0 Å². The number of unbranched alkanes of at least 4 members (excludes halogenated alkanes) is 2. The molecule has 6 nitrogen and oxygen atoms in total. The zero-order valence-electron chi connectivity index (χ0n) is 13.1. The summed E-state index contributed by atoms with van der Waals surface area (Å²) in [4.78, 5) is 36.0. The topological polar surface area (TPSA) is 92.5 Å². The first-order valence-corrected chi connectivity index (χ1v) is 9.03. The Morgan fingerprint density at radius 3 is 2.50 bits per heavy atom. The van der Waals surface area contributed by atoms with Crippen molar-refractivity contribution in [1.29, 1.82) is 0 Å². The van der Waals surface area contributed by atoms with E-state index < -0.39 is 5.91 Å². The van der Waals surface area contributed by atoms with Crippen molar-refractivity contribution in [1.82, 2.24) is 4.90 Å². The third kappa shape index (κ3) is 5.31. The minimum Gasteiger partial charge on any atom is -0.366 e. The van der Waals surface area contributed by atoms with Crippen LogP contribution in [0.15, 0.2) is 24.3 Å². The molecule has 0 aromatic heterocycles. The average Bonchev–Trinajstić information content (AvgIpc) is 2.86. The zero-order valence-corrected chi connectivity index (χ0v) is 14.8. The van der Waals surface area contributed by atoms with Crippen LogP contribution in [0, 0.1) is 0 Å². The van der Waals surface area contributed by atoms with E-state index in [1.807, 2.05) is 0 Å². The van der Waals surface area contributed by atoms with E-state index in [1.165, 1.54) is 11.8 Å². The highest BCUT2D eigenvalue weighted by molar-refractivity contribution is 8.23. The molecule has 0 bridgehead atoms. The molecule has 1 aliphatic rings. The number of primary amides is 1. The Morgan fingerprint density at radius 1 is 1.21 bits per heavy atom. The number of benzene rings is 1. The molecule has 0 spiro atoms. The van der Waals surface area contributed by atoms with E-state index in [0.717, 1.165) is 19.3 Å². The molecule has 1 aromatic carbocycles. The summed E-state index contributed by atoms with van der Waals surface area (Å²) in [6, 6.07) is 6.45. The van der Waals surface area contributed by atoms with Crippen molar-refractivity contribution in [3.8, 4) is 0 Å². The van der Waals surface area contributed by atoms with Gasteiger partial charge in [0.2, 0.25) is 17.7 Å². The minimum absolute atomic E-state index is 0.0714. The Labute approximate surface area is 150 Å². The molecule has 128 valence electrons. The van der Waals surface area contributed by atoms with Crippen molar-refractivity contribution >= 4 is 51.7 Å². The SMILES string of the molecule is NC(=O)c1ccc(NC(=O)CCCCCN2C(=O)CSC2=S)cc1. The summed E-state index contributed by atoms with van der Waals surface area (Å²) in [5, 5.41) is 2.77. The second-order valence-electron chi connectivity index (χ2n) is 5.40. The van der Waals surface area contributed by atoms with Gasteiger partial charge in [0.05, 0.1) is 5.75 Å². The maximum absolute atomic E-state index is 11.9. The number of carbonyl (C=O) groups excluding carboxylic acids is 3. The number of nitrogens with two attached hydrogens (primary N) is 1. The molecule has 2 rings (SSSR count). The second-order valence-corrected chi connectivity index (χ2v) is 7.01. The van der Waals surface area contributed by atoms with Crippen LogP contribution >= 0.6 is 24.0 Å². The van der Waals surface area contributed by atoms with Crippen LogP contribution in [-0.2, 0) is 9.59 Å². The predicted octanol–water partition coefficient (Wildman–Crippen LogP) is 2.14. The van der Waals surface area contributed by atoms with Gasteiger partial charge in [0.15, 0.2) is 0 Å². The fourth-order valence-corrected chi connectivity index (χ4v) is 3.39. The Kier molecular flexibility index (Phi) is 6.74. The molecule has 1 fully saturated rings. The number of thiocarbonyl (C=S) groups is 1. The number of hydrogen-bond acceptors (Lipinski definition) is 5. The maximum atomic E-state index is 11.9. The third-order valence-corrected chi connectivity index (χ3v) is 5.01. The number of nitrogens with one attached hydrogen (secondary N) is 1. The molecule has 0 aliphatic carbocycles. The van der Waals surface area contributed by atoms with Gasteiger partial charge in [-0.2, -0.15) is 0 Å². The second kappa shape index (κ2) is 8.79. The smallest absolute Gasteiger partial charge is 0.248 e. The Hall–Kier alpha value is -1.93. The van der Waals surface area contributed by atoms with Crippen LogP contribution in [0.3, 0.4) is 0 Å². The van der Waals surface area contributed by atoms with Crippen LogP contribution in [0.4, 0.5) is 5.69 Å². The van der Waals surface area contributed by atoms with Gasteiger partial charge in [-0.1, -0.05) is 30.4 Å². The van der Waals surface area contributed by atoms with Gasteiger partial charge in [0.1, 0.15) is 4.32 Å². The lowest BCUT2D eigenvalue weighted by Gasteiger charge is -2.14. The summed E-state index contributed by atoms with van der Waals surface area (Å²) in [7, 11) is 0. The molecular weight excluding hydrogens is 346 g/mol. The summed E-state index contributed by atoms with van der Waals surface area (Å²) in [6.07, 6.45) is 2.83. The van der Waals surface area contributed by atoms with Crippen LogP contribution in [0.25, 0.3) is 0 Å². The normalized spacial score (nSPS) is 14.1. The van der Waals surface area contributed by atoms with Gasteiger partial charge >= 0.3 is 0 Å². The molecule has 3 N–H and O–H groups in total. The average molecular weight is 365 g/mol. The van der Waals surface area contributed by atoms with Crippen LogP contribution in [0.1, 0.15) is 36.0 Å². The molecule has 0 radical (unpaired) electrons. The number of hydrogen-bond donors (Lipinski definition) is 2. The van der Waals surface area contributed by atoms with Gasteiger partial charge in [0.25, 0.3) is 0 Å². The molecule has 24 heavy (non-hydrogen) atoms. The van der Waals surface area contributed by atoms with Crippen LogP contribution in [0.5, 0.6) is 0 Å². The van der Waals surface area contributed by atoms with Crippen LogP contribution in [0.2, 0.25) is 0 Å². The first kappa shape index (κ1) is 18.4. The maximum Gasteiger partial charge on any atom is 0.248 e. The Bertz CT molecular complexity index is 630. The Morgan fingerprint density at radius 2 is 1.92 bits per heavy atom. The lowest BCUT2D eigenvalue weighted by molar-refractivity contribution is -0.124. The zero-order chi connectivity index (χ0) is 17.5. The summed E-state index contributed by atoms with van der Waals surface area (Å²) in [6.45, 7) is 0.626. The largest absolute Gasteiger partial charge is 0.366 e. The number of rotatable bonds is 8. The molecule has 1 heterocycles. The van der Waals surface area contributed by atoms with Crippen molar-refractivity contribution in [2.75, 3.05) is 17.6 Å². The standard InChI is InChI=1S/C16H19N3O3S2/c17-15(22)11-5-7-12(8-6-11)18-13(20)4-2-1-3-9-19-14(21)10-24-16(19)23/h5-8H,1-4,9-10H2,(H2,17,22)(H,18,20). The third-order valence-electron chi connectivity index (χ3n) is 3.58. The highest BCUT2D eigenvalue weighted by Gasteiger charge is 2.25.